The van der Waals surface area contributed by atoms with Crippen molar-refractivity contribution in [2.45, 2.75) is 26.3 Å². The predicted octanol–water partition coefficient (Wildman–Crippen LogP) is 1.76. The molecule has 0 bridgehead atoms. The third-order valence-corrected chi connectivity index (χ3v) is 2.51. The molecule has 5 nitrogen and oxygen atoms in total. The van der Waals surface area contributed by atoms with Gasteiger partial charge in [-0.2, -0.15) is 0 Å². The van der Waals surface area contributed by atoms with Gasteiger partial charge in [0.25, 0.3) is 5.91 Å². The maximum atomic E-state index is 13.4. The molecule has 0 fully saturated rings. The van der Waals surface area contributed by atoms with Gasteiger partial charge in [-0.15, -0.1) is 0 Å². The Hall–Kier alpha value is -2.11. The minimum Gasteiger partial charge on any atom is -0.508 e. The van der Waals surface area contributed by atoms with Gasteiger partial charge in [0.05, 0.1) is 5.56 Å². The molecule has 1 aromatic rings. The third kappa shape index (κ3) is 4.24. The van der Waals surface area contributed by atoms with Gasteiger partial charge < -0.3 is 15.5 Å². The fraction of sp³-hybridized carbons (Fsp3) is 0.385. The van der Waals surface area contributed by atoms with Gasteiger partial charge in [0, 0.05) is 6.07 Å². The summed E-state index contributed by atoms with van der Waals surface area (Å²) in [5.41, 5.74) is -0.298. The van der Waals surface area contributed by atoms with Crippen molar-refractivity contribution in [2.75, 3.05) is 0 Å². The molecule has 0 saturated carbocycles. The quantitative estimate of drug-likeness (QED) is 0.760. The lowest BCUT2D eigenvalue weighted by Crippen LogP contribution is -2.41. The van der Waals surface area contributed by atoms with E-state index >= 15 is 0 Å². The molecule has 3 N–H and O–H groups in total. The molecule has 1 atom stereocenters. The van der Waals surface area contributed by atoms with E-state index < -0.39 is 23.7 Å². The van der Waals surface area contributed by atoms with Crippen LogP contribution in [0, 0.1) is 11.7 Å². The van der Waals surface area contributed by atoms with Crippen molar-refractivity contribution in [1.29, 1.82) is 0 Å². The second-order valence-electron chi connectivity index (χ2n) is 4.66. The molecule has 0 spiro atoms. The van der Waals surface area contributed by atoms with Crippen LogP contribution in [0.3, 0.4) is 0 Å². The number of hydrogen-bond donors (Lipinski definition) is 3. The van der Waals surface area contributed by atoms with Crippen LogP contribution < -0.4 is 5.32 Å². The van der Waals surface area contributed by atoms with Crippen LogP contribution in [-0.4, -0.2) is 28.1 Å². The molecule has 0 aliphatic carbocycles. The average molecular weight is 269 g/mol. The minimum atomic E-state index is -1.17. The number of aromatic hydroxyl groups is 1. The SMILES string of the molecule is CC(C)C[C@H](NC(=O)c1ccc(O)cc1F)C(=O)O. The molecule has 19 heavy (non-hydrogen) atoms. The lowest BCUT2D eigenvalue weighted by molar-refractivity contribution is -0.139. The predicted molar refractivity (Wildman–Crippen MR) is 66.4 cm³/mol. The van der Waals surface area contributed by atoms with Crippen LogP contribution in [0.15, 0.2) is 18.2 Å². The van der Waals surface area contributed by atoms with Crippen molar-refractivity contribution in [2.24, 2.45) is 5.92 Å². The number of carbonyl (C=O) groups excluding carboxylic acids is 1. The van der Waals surface area contributed by atoms with E-state index in [4.69, 9.17) is 10.2 Å². The lowest BCUT2D eigenvalue weighted by atomic mass is 10.0. The Labute approximate surface area is 110 Å². The first-order valence-corrected chi connectivity index (χ1v) is 5.83. The van der Waals surface area contributed by atoms with Gasteiger partial charge in [0.1, 0.15) is 17.6 Å². The molecular formula is C13H16FNO4. The highest BCUT2D eigenvalue weighted by Crippen LogP contribution is 2.15. The van der Waals surface area contributed by atoms with E-state index in [1.165, 1.54) is 0 Å². The maximum absolute atomic E-state index is 13.4. The average Bonchev–Trinajstić information content (AvgIpc) is 2.26. The Morgan fingerprint density at radius 2 is 2.00 bits per heavy atom. The zero-order valence-corrected chi connectivity index (χ0v) is 10.7. The van der Waals surface area contributed by atoms with Gasteiger partial charge >= 0.3 is 5.97 Å². The van der Waals surface area contributed by atoms with E-state index in [0.29, 0.717) is 0 Å². The summed E-state index contributed by atoms with van der Waals surface area (Å²) in [6.45, 7) is 3.65. The van der Waals surface area contributed by atoms with Crippen LogP contribution in [0.4, 0.5) is 4.39 Å². The molecule has 0 aliphatic heterocycles. The fourth-order valence-corrected chi connectivity index (χ4v) is 1.62. The number of aliphatic carboxylic acids is 1. The molecule has 0 saturated heterocycles. The number of phenols is 1. The molecule has 1 rings (SSSR count). The molecule has 1 amide bonds. The van der Waals surface area contributed by atoms with Gasteiger partial charge in [-0.3, -0.25) is 4.79 Å². The second kappa shape index (κ2) is 6.17. The molecule has 6 heteroatoms. The number of benzene rings is 1. The smallest absolute Gasteiger partial charge is 0.326 e. The zero-order valence-electron chi connectivity index (χ0n) is 10.7. The summed E-state index contributed by atoms with van der Waals surface area (Å²) in [4.78, 5) is 22.8. The maximum Gasteiger partial charge on any atom is 0.326 e. The first-order chi connectivity index (χ1) is 8.81. The molecule has 0 radical (unpaired) electrons. The van der Waals surface area contributed by atoms with Gasteiger partial charge in [0.2, 0.25) is 0 Å². The summed E-state index contributed by atoms with van der Waals surface area (Å²) in [6.07, 6.45) is 0.251. The lowest BCUT2D eigenvalue weighted by Gasteiger charge is -2.16. The monoisotopic (exact) mass is 269 g/mol. The van der Waals surface area contributed by atoms with Crippen molar-refractivity contribution >= 4 is 11.9 Å². The van der Waals surface area contributed by atoms with Gasteiger partial charge in [0.15, 0.2) is 0 Å². The van der Waals surface area contributed by atoms with Crippen LogP contribution in [0.5, 0.6) is 5.75 Å². The summed E-state index contributed by atoms with van der Waals surface area (Å²) in [5, 5.41) is 20.3. The number of nitrogens with one attached hydrogen (secondary N) is 1. The molecule has 0 aliphatic rings. The largest absolute Gasteiger partial charge is 0.508 e. The highest BCUT2D eigenvalue weighted by Gasteiger charge is 2.23. The minimum absolute atomic E-state index is 0.0751. The van der Waals surface area contributed by atoms with Crippen LogP contribution >= 0.6 is 0 Å². The van der Waals surface area contributed by atoms with Crippen molar-refractivity contribution in [3.8, 4) is 5.75 Å². The standard InChI is InChI=1S/C13H16FNO4/c1-7(2)5-11(13(18)19)15-12(17)9-4-3-8(16)6-10(9)14/h3-4,6-7,11,16H,5H2,1-2H3,(H,15,17)(H,18,19)/t11-/m0/s1. The first kappa shape index (κ1) is 14.9. The number of amides is 1. The van der Waals surface area contributed by atoms with E-state index in [-0.39, 0.29) is 23.7 Å². The van der Waals surface area contributed by atoms with Crippen molar-refractivity contribution < 1.29 is 24.2 Å². The van der Waals surface area contributed by atoms with Gasteiger partial charge in [-0.05, 0) is 24.5 Å². The van der Waals surface area contributed by atoms with Crippen molar-refractivity contribution in [3.05, 3.63) is 29.6 Å². The summed E-state index contributed by atoms with van der Waals surface area (Å²) in [6, 6.07) is 2.00. The Morgan fingerprint density at radius 1 is 1.37 bits per heavy atom. The van der Waals surface area contributed by atoms with Gasteiger partial charge in [-0.1, -0.05) is 13.8 Å². The zero-order chi connectivity index (χ0) is 14.6. The van der Waals surface area contributed by atoms with E-state index in [1.54, 1.807) is 0 Å². The Morgan fingerprint density at radius 3 is 2.47 bits per heavy atom. The van der Waals surface area contributed by atoms with Crippen LogP contribution in [-0.2, 0) is 4.79 Å². The van der Waals surface area contributed by atoms with Crippen LogP contribution in [0.1, 0.15) is 30.6 Å². The van der Waals surface area contributed by atoms with E-state index in [9.17, 15) is 14.0 Å². The van der Waals surface area contributed by atoms with E-state index in [1.807, 2.05) is 13.8 Å². The summed E-state index contributed by atoms with van der Waals surface area (Å²) in [5.74, 6) is -3.10. The molecular weight excluding hydrogens is 253 g/mol. The molecule has 0 heterocycles. The number of carboxylic acids is 1. The highest BCUT2D eigenvalue weighted by molar-refractivity contribution is 5.96. The Kier molecular flexibility index (Phi) is 4.86. The molecule has 1 aromatic carbocycles. The van der Waals surface area contributed by atoms with Gasteiger partial charge in [-0.25, -0.2) is 9.18 Å². The molecule has 104 valence electrons. The summed E-state index contributed by atoms with van der Waals surface area (Å²) >= 11 is 0. The summed E-state index contributed by atoms with van der Waals surface area (Å²) in [7, 11) is 0. The second-order valence-corrected chi connectivity index (χ2v) is 4.66. The number of phenolic OH excluding ortho intramolecular Hbond substituents is 1. The number of carbonyl (C=O) groups is 2. The fourth-order valence-electron chi connectivity index (χ4n) is 1.62. The van der Waals surface area contributed by atoms with Crippen molar-refractivity contribution in [1.82, 2.24) is 5.32 Å². The number of hydrogen-bond acceptors (Lipinski definition) is 3. The molecule has 0 aromatic heterocycles. The molecule has 0 unspecified atom stereocenters. The normalized spacial score (nSPS) is 12.2. The first-order valence-electron chi connectivity index (χ1n) is 5.83. The van der Waals surface area contributed by atoms with Crippen molar-refractivity contribution in [3.63, 3.8) is 0 Å². The number of carboxylic acid groups (broad SMARTS) is 1. The Balaban J connectivity index is 2.84. The highest BCUT2D eigenvalue weighted by atomic mass is 19.1. The topological polar surface area (TPSA) is 86.6 Å². The third-order valence-electron chi connectivity index (χ3n) is 2.51. The number of halogens is 1. The number of rotatable bonds is 5. The summed E-state index contributed by atoms with van der Waals surface area (Å²) < 4.78 is 13.4. The van der Waals surface area contributed by atoms with E-state index in [0.717, 1.165) is 18.2 Å². The van der Waals surface area contributed by atoms with Crippen LogP contribution in [0.2, 0.25) is 0 Å². The van der Waals surface area contributed by atoms with Crippen LogP contribution in [0.25, 0.3) is 0 Å². The van der Waals surface area contributed by atoms with E-state index in [2.05, 4.69) is 5.32 Å². The Bertz CT molecular complexity index is 488.